The van der Waals surface area contributed by atoms with Gasteiger partial charge in [-0.25, -0.2) is 0 Å². The van der Waals surface area contributed by atoms with Crippen LogP contribution in [0.3, 0.4) is 0 Å². The van der Waals surface area contributed by atoms with Gasteiger partial charge in [-0.15, -0.1) is 0 Å². The summed E-state index contributed by atoms with van der Waals surface area (Å²) < 4.78 is 4.80. The van der Waals surface area contributed by atoms with Crippen molar-refractivity contribution in [2.45, 2.75) is 39.0 Å². The predicted molar refractivity (Wildman–Crippen MR) is 54.3 cm³/mol. The van der Waals surface area contributed by atoms with Gasteiger partial charge in [0.25, 0.3) is 0 Å². The minimum Gasteiger partial charge on any atom is -0.481 e. The van der Waals surface area contributed by atoms with E-state index in [2.05, 4.69) is 0 Å². The van der Waals surface area contributed by atoms with E-state index in [4.69, 9.17) is 9.84 Å². The van der Waals surface area contributed by atoms with Crippen molar-refractivity contribution in [3.63, 3.8) is 0 Å². The Bertz CT molecular complexity index is 231. The van der Waals surface area contributed by atoms with E-state index in [0.29, 0.717) is 0 Å². The number of rotatable bonds is 4. The van der Waals surface area contributed by atoms with Gasteiger partial charge in [0.2, 0.25) is 0 Å². The Morgan fingerprint density at radius 2 is 1.93 bits per heavy atom. The molecule has 0 spiro atoms. The SMILES string of the molecule is CCOC(=O)[C@H](C(=O)O)C1CCCCC1. The molecule has 1 aliphatic rings. The number of ether oxygens (including phenoxy) is 1. The molecule has 0 radical (unpaired) electrons. The van der Waals surface area contributed by atoms with Gasteiger partial charge in [-0.2, -0.15) is 0 Å². The zero-order valence-electron chi connectivity index (χ0n) is 9.07. The molecule has 4 heteroatoms. The summed E-state index contributed by atoms with van der Waals surface area (Å²) in [5, 5.41) is 9.02. The molecule has 1 saturated carbocycles. The van der Waals surface area contributed by atoms with Crippen molar-refractivity contribution in [2.75, 3.05) is 6.61 Å². The molecule has 1 rings (SSSR count). The summed E-state index contributed by atoms with van der Waals surface area (Å²) in [7, 11) is 0. The van der Waals surface area contributed by atoms with E-state index in [9.17, 15) is 9.59 Å². The monoisotopic (exact) mass is 214 g/mol. The first-order chi connectivity index (χ1) is 7.16. The molecule has 4 nitrogen and oxygen atoms in total. The number of carbonyl (C=O) groups is 2. The quantitative estimate of drug-likeness (QED) is 0.572. The van der Waals surface area contributed by atoms with Gasteiger partial charge in [0.15, 0.2) is 5.92 Å². The normalized spacial score (nSPS) is 19.5. The Morgan fingerprint density at radius 1 is 1.33 bits per heavy atom. The molecular formula is C11H18O4. The highest BCUT2D eigenvalue weighted by Gasteiger charge is 2.36. The Labute approximate surface area is 89.6 Å². The van der Waals surface area contributed by atoms with Crippen LogP contribution in [0.5, 0.6) is 0 Å². The topological polar surface area (TPSA) is 63.6 Å². The molecule has 1 fully saturated rings. The maximum absolute atomic E-state index is 11.5. The van der Waals surface area contributed by atoms with Crippen LogP contribution < -0.4 is 0 Å². The van der Waals surface area contributed by atoms with Crippen LogP contribution in [0.1, 0.15) is 39.0 Å². The lowest BCUT2D eigenvalue weighted by Gasteiger charge is -2.25. The van der Waals surface area contributed by atoms with Crippen LogP contribution in [0.4, 0.5) is 0 Å². The van der Waals surface area contributed by atoms with E-state index < -0.39 is 17.9 Å². The summed E-state index contributed by atoms with van der Waals surface area (Å²) in [6.07, 6.45) is 4.85. The first-order valence-electron chi connectivity index (χ1n) is 5.56. The Morgan fingerprint density at radius 3 is 2.40 bits per heavy atom. The molecule has 1 atom stereocenters. The van der Waals surface area contributed by atoms with Crippen molar-refractivity contribution in [2.24, 2.45) is 11.8 Å². The Kier molecular flexibility index (Phi) is 4.59. The summed E-state index contributed by atoms with van der Waals surface area (Å²) in [6, 6.07) is 0. The molecule has 0 aromatic carbocycles. The molecule has 0 heterocycles. The fourth-order valence-electron chi connectivity index (χ4n) is 2.19. The minimum atomic E-state index is -1.04. The lowest BCUT2D eigenvalue weighted by atomic mass is 9.80. The Balaban J connectivity index is 2.63. The maximum atomic E-state index is 11.5. The highest BCUT2D eigenvalue weighted by atomic mass is 16.5. The number of carbonyl (C=O) groups excluding carboxylic acids is 1. The standard InChI is InChI=1S/C11H18O4/c1-2-15-11(14)9(10(12)13)8-6-4-3-5-7-8/h8-9H,2-7H2,1H3,(H,12,13)/t9-/m0/s1. The summed E-state index contributed by atoms with van der Waals surface area (Å²) in [5.74, 6) is -2.60. The number of hydrogen-bond donors (Lipinski definition) is 1. The summed E-state index contributed by atoms with van der Waals surface area (Å²) in [4.78, 5) is 22.5. The Hall–Kier alpha value is -1.06. The fourth-order valence-corrected chi connectivity index (χ4v) is 2.19. The molecule has 15 heavy (non-hydrogen) atoms. The second-order valence-electron chi connectivity index (χ2n) is 3.97. The van der Waals surface area contributed by atoms with Gasteiger partial charge >= 0.3 is 11.9 Å². The van der Waals surface area contributed by atoms with Crippen LogP contribution >= 0.6 is 0 Å². The number of hydrogen-bond acceptors (Lipinski definition) is 3. The van der Waals surface area contributed by atoms with Crippen LogP contribution in [0.25, 0.3) is 0 Å². The second-order valence-corrected chi connectivity index (χ2v) is 3.97. The molecular weight excluding hydrogens is 196 g/mol. The van der Waals surface area contributed by atoms with E-state index >= 15 is 0 Å². The maximum Gasteiger partial charge on any atom is 0.320 e. The van der Waals surface area contributed by atoms with Crippen LogP contribution in [-0.4, -0.2) is 23.7 Å². The average Bonchev–Trinajstić information content (AvgIpc) is 2.19. The number of aliphatic carboxylic acids is 1. The largest absolute Gasteiger partial charge is 0.481 e. The van der Waals surface area contributed by atoms with E-state index in [1.165, 1.54) is 0 Å². The van der Waals surface area contributed by atoms with Crippen molar-refractivity contribution in [3.05, 3.63) is 0 Å². The van der Waals surface area contributed by atoms with E-state index in [1.54, 1.807) is 6.92 Å². The third-order valence-corrected chi connectivity index (χ3v) is 2.93. The molecule has 1 N–H and O–H groups in total. The van der Waals surface area contributed by atoms with Gasteiger partial charge in [0, 0.05) is 0 Å². The lowest BCUT2D eigenvalue weighted by Crippen LogP contribution is -2.34. The first kappa shape index (κ1) is 12.0. The van der Waals surface area contributed by atoms with Crippen molar-refractivity contribution in [3.8, 4) is 0 Å². The number of carboxylic acids is 1. The number of esters is 1. The van der Waals surface area contributed by atoms with Gasteiger partial charge in [0.05, 0.1) is 6.61 Å². The summed E-state index contributed by atoms with van der Waals surface area (Å²) >= 11 is 0. The molecule has 1 aliphatic carbocycles. The zero-order valence-corrected chi connectivity index (χ0v) is 9.07. The van der Waals surface area contributed by atoms with Crippen molar-refractivity contribution in [1.82, 2.24) is 0 Å². The third kappa shape index (κ3) is 3.22. The van der Waals surface area contributed by atoms with E-state index in [-0.39, 0.29) is 12.5 Å². The van der Waals surface area contributed by atoms with Gasteiger partial charge < -0.3 is 9.84 Å². The number of carboxylic acid groups (broad SMARTS) is 1. The molecule has 0 aliphatic heterocycles. The zero-order chi connectivity index (χ0) is 11.3. The van der Waals surface area contributed by atoms with E-state index in [1.807, 2.05) is 0 Å². The average molecular weight is 214 g/mol. The van der Waals surface area contributed by atoms with Crippen molar-refractivity contribution < 1.29 is 19.4 Å². The molecule has 0 unspecified atom stereocenters. The van der Waals surface area contributed by atoms with Crippen molar-refractivity contribution in [1.29, 1.82) is 0 Å². The van der Waals surface area contributed by atoms with Crippen LogP contribution in [0, 0.1) is 11.8 Å². The molecule has 0 amide bonds. The summed E-state index contributed by atoms with van der Waals surface area (Å²) in [5.41, 5.74) is 0. The lowest BCUT2D eigenvalue weighted by molar-refractivity contribution is -0.161. The molecule has 0 aromatic rings. The molecule has 0 saturated heterocycles. The molecule has 0 bridgehead atoms. The van der Waals surface area contributed by atoms with Crippen LogP contribution in [0.2, 0.25) is 0 Å². The third-order valence-electron chi connectivity index (χ3n) is 2.93. The second kappa shape index (κ2) is 5.73. The van der Waals surface area contributed by atoms with Gasteiger partial charge in [-0.1, -0.05) is 19.3 Å². The molecule has 86 valence electrons. The van der Waals surface area contributed by atoms with Gasteiger partial charge in [-0.3, -0.25) is 9.59 Å². The predicted octanol–water partition coefficient (Wildman–Crippen LogP) is 1.83. The van der Waals surface area contributed by atoms with Crippen LogP contribution in [-0.2, 0) is 14.3 Å². The highest BCUT2D eigenvalue weighted by Crippen LogP contribution is 2.30. The first-order valence-corrected chi connectivity index (χ1v) is 5.56. The minimum absolute atomic E-state index is 0.0321. The fraction of sp³-hybridized carbons (Fsp3) is 0.818. The van der Waals surface area contributed by atoms with Gasteiger partial charge in [0.1, 0.15) is 0 Å². The highest BCUT2D eigenvalue weighted by molar-refractivity contribution is 5.94. The van der Waals surface area contributed by atoms with Crippen LogP contribution in [0.15, 0.2) is 0 Å². The van der Waals surface area contributed by atoms with E-state index in [0.717, 1.165) is 32.1 Å². The smallest absolute Gasteiger partial charge is 0.320 e. The molecule has 0 aromatic heterocycles. The van der Waals surface area contributed by atoms with Gasteiger partial charge in [-0.05, 0) is 25.7 Å². The summed E-state index contributed by atoms with van der Waals surface area (Å²) in [6.45, 7) is 1.94. The van der Waals surface area contributed by atoms with Crippen molar-refractivity contribution >= 4 is 11.9 Å².